The average molecular weight is 180 g/mol. The van der Waals surface area contributed by atoms with E-state index in [4.69, 9.17) is 4.74 Å². The summed E-state index contributed by atoms with van der Waals surface area (Å²) in [5, 5.41) is 0. The number of hydrogen-bond donors (Lipinski definition) is 0. The van der Waals surface area contributed by atoms with E-state index in [1.165, 1.54) is 19.3 Å². The summed E-state index contributed by atoms with van der Waals surface area (Å²) in [5.41, 5.74) is 0.512. The molecule has 1 nitrogen and oxygen atoms in total. The molecule has 1 fully saturated rings. The first kappa shape index (κ1) is 9.26. The molecule has 0 aromatic heterocycles. The van der Waals surface area contributed by atoms with Crippen molar-refractivity contribution >= 4 is 0 Å². The molecule has 74 valence electrons. The van der Waals surface area contributed by atoms with Gasteiger partial charge in [-0.1, -0.05) is 26.0 Å². The van der Waals surface area contributed by atoms with Gasteiger partial charge in [0.1, 0.15) is 0 Å². The van der Waals surface area contributed by atoms with Crippen molar-refractivity contribution in [3.8, 4) is 0 Å². The molecule has 2 unspecified atom stereocenters. The summed E-state index contributed by atoms with van der Waals surface area (Å²) >= 11 is 0. The number of rotatable bonds is 0. The highest BCUT2D eigenvalue weighted by Gasteiger charge is 2.33. The van der Waals surface area contributed by atoms with Crippen LogP contribution in [0.25, 0.3) is 0 Å². The monoisotopic (exact) mass is 180 g/mol. The molecule has 0 amide bonds. The maximum Gasteiger partial charge on any atom is 0.0528 e. The smallest absolute Gasteiger partial charge is 0.0528 e. The van der Waals surface area contributed by atoms with Gasteiger partial charge in [-0.2, -0.15) is 0 Å². The van der Waals surface area contributed by atoms with Crippen LogP contribution in [-0.4, -0.2) is 13.2 Å². The van der Waals surface area contributed by atoms with E-state index in [0.717, 1.165) is 19.1 Å². The Morgan fingerprint density at radius 3 is 3.08 bits per heavy atom. The second-order valence-electron chi connectivity index (χ2n) is 5.18. The van der Waals surface area contributed by atoms with Crippen molar-refractivity contribution in [2.45, 2.75) is 33.1 Å². The average Bonchev–Trinajstić information content (AvgIpc) is 2.17. The van der Waals surface area contributed by atoms with Gasteiger partial charge in [0.25, 0.3) is 0 Å². The van der Waals surface area contributed by atoms with E-state index in [-0.39, 0.29) is 0 Å². The molecule has 2 atom stereocenters. The highest BCUT2D eigenvalue weighted by Crippen LogP contribution is 2.42. The molecule has 1 aliphatic heterocycles. The lowest BCUT2D eigenvalue weighted by atomic mass is 9.71. The zero-order valence-electron chi connectivity index (χ0n) is 8.75. The van der Waals surface area contributed by atoms with Gasteiger partial charge in [0.05, 0.1) is 6.61 Å². The van der Waals surface area contributed by atoms with Gasteiger partial charge in [-0.25, -0.2) is 0 Å². The zero-order valence-corrected chi connectivity index (χ0v) is 8.75. The van der Waals surface area contributed by atoms with Crippen LogP contribution in [0.5, 0.6) is 0 Å². The first-order valence-corrected chi connectivity index (χ1v) is 5.43. The maximum absolute atomic E-state index is 5.63. The van der Waals surface area contributed by atoms with Crippen LogP contribution in [0.4, 0.5) is 0 Å². The quantitative estimate of drug-likeness (QED) is 0.521. The van der Waals surface area contributed by atoms with Gasteiger partial charge in [0.15, 0.2) is 0 Å². The second-order valence-corrected chi connectivity index (χ2v) is 5.18. The SMILES string of the molecule is CC1(C)CC2C=CCC1CCOC2. The van der Waals surface area contributed by atoms with Crippen molar-refractivity contribution in [1.82, 2.24) is 0 Å². The summed E-state index contributed by atoms with van der Waals surface area (Å²) in [6.07, 6.45) is 8.54. The minimum Gasteiger partial charge on any atom is -0.381 e. The minimum absolute atomic E-state index is 0.512. The van der Waals surface area contributed by atoms with Crippen molar-refractivity contribution in [2.75, 3.05) is 13.2 Å². The highest BCUT2D eigenvalue weighted by molar-refractivity contribution is 4.99. The second kappa shape index (κ2) is 3.45. The number of ether oxygens (including phenoxy) is 1. The third kappa shape index (κ3) is 1.96. The Kier molecular flexibility index (Phi) is 2.46. The van der Waals surface area contributed by atoms with Gasteiger partial charge in [0.2, 0.25) is 0 Å². The lowest BCUT2D eigenvalue weighted by Gasteiger charge is -2.36. The van der Waals surface area contributed by atoms with Crippen LogP contribution in [0.3, 0.4) is 0 Å². The minimum atomic E-state index is 0.512. The summed E-state index contributed by atoms with van der Waals surface area (Å²) in [5.74, 6) is 1.49. The molecular formula is C12H20O. The lowest BCUT2D eigenvalue weighted by molar-refractivity contribution is 0.0344. The Bertz CT molecular complexity index is 205. The first-order chi connectivity index (χ1) is 6.18. The topological polar surface area (TPSA) is 9.23 Å². The first-order valence-electron chi connectivity index (χ1n) is 5.43. The Morgan fingerprint density at radius 2 is 2.23 bits per heavy atom. The third-order valence-electron chi connectivity index (χ3n) is 3.66. The molecule has 2 bridgehead atoms. The number of allylic oxidation sites excluding steroid dienone is 1. The van der Waals surface area contributed by atoms with E-state index >= 15 is 0 Å². The van der Waals surface area contributed by atoms with Crippen molar-refractivity contribution in [1.29, 1.82) is 0 Å². The fraction of sp³-hybridized carbons (Fsp3) is 0.833. The van der Waals surface area contributed by atoms with E-state index in [9.17, 15) is 0 Å². The van der Waals surface area contributed by atoms with E-state index < -0.39 is 0 Å². The molecule has 0 spiro atoms. The molecule has 1 heterocycles. The Balaban J connectivity index is 2.20. The summed E-state index contributed by atoms with van der Waals surface area (Å²) in [6, 6.07) is 0. The van der Waals surface area contributed by atoms with Crippen molar-refractivity contribution < 1.29 is 4.74 Å². The van der Waals surface area contributed by atoms with E-state index in [1.54, 1.807) is 0 Å². The van der Waals surface area contributed by atoms with Crippen LogP contribution >= 0.6 is 0 Å². The molecule has 2 aliphatic rings. The predicted octanol–water partition coefficient (Wildman–Crippen LogP) is 3.02. The standard InChI is InChI=1S/C12H20O/c1-12(2)8-10-4-3-5-11(12)6-7-13-9-10/h3-4,10-11H,5-9H2,1-2H3. The molecule has 1 saturated heterocycles. The molecule has 2 rings (SSSR count). The molecular weight excluding hydrogens is 160 g/mol. The largest absolute Gasteiger partial charge is 0.381 e. The third-order valence-corrected chi connectivity index (χ3v) is 3.66. The van der Waals surface area contributed by atoms with Crippen LogP contribution in [0.2, 0.25) is 0 Å². The Hall–Kier alpha value is -0.300. The number of hydrogen-bond acceptors (Lipinski definition) is 1. The van der Waals surface area contributed by atoms with Gasteiger partial charge in [-0.05, 0) is 30.6 Å². The van der Waals surface area contributed by atoms with E-state index in [2.05, 4.69) is 26.0 Å². The maximum atomic E-state index is 5.63. The van der Waals surface area contributed by atoms with Gasteiger partial charge >= 0.3 is 0 Å². The summed E-state index contributed by atoms with van der Waals surface area (Å²) in [6.45, 7) is 6.74. The molecule has 0 N–H and O–H groups in total. The fourth-order valence-electron chi connectivity index (χ4n) is 2.75. The zero-order chi connectivity index (χ0) is 9.31. The Labute approximate surface area is 81.2 Å². The van der Waals surface area contributed by atoms with Gasteiger partial charge in [-0.3, -0.25) is 0 Å². The van der Waals surface area contributed by atoms with Crippen LogP contribution in [0.1, 0.15) is 33.1 Å². The van der Waals surface area contributed by atoms with Crippen LogP contribution < -0.4 is 0 Å². The normalized spacial score (nSPS) is 38.0. The number of fused-ring (bicyclic) bond motifs is 3. The molecule has 1 heteroatoms. The van der Waals surface area contributed by atoms with Crippen LogP contribution in [-0.2, 0) is 4.74 Å². The van der Waals surface area contributed by atoms with Crippen LogP contribution in [0.15, 0.2) is 12.2 Å². The Morgan fingerprint density at radius 1 is 1.38 bits per heavy atom. The van der Waals surface area contributed by atoms with Crippen molar-refractivity contribution in [2.24, 2.45) is 17.3 Å². The van der Waals surface area contributed by atoms with Gasteiger partial charge in [0, 0.05) is 12.5 Å². The summed E-state index contributed by atoms with van der Waals surface area (Å²) < 4.78 is 5.63. The summed E-state index contributed by atoms with van der Waals surface area (Å²) in [7, 11) is 0. The summed E-state index contributed by atoms with van der Waals surface area (Å²) in [4.78, 5) is 0. The predicted molar refractivity (Wildman–Crippen MR) is 54.6 cm³/mol. The molecule has 1 aliphatic carbocycles. The molecule has 0 aromatic rings. The fourth-order valence-corrected chi connectivity index (χ4v) is 2.75. The van der Waals surface area contributed by atoms with Crippen molar-refractivity contribution in [3.63, 3.8) is 0 Å². The highest BCUT2D eigenvalue weighted by atomic mass is 16.5. The molecule has 0 aromatic carbocycles. The molecule has 13 heavy (non-hydrogen) atoms. The van der Waals surface area contributed by atoms with Gasteiger partial charge in [-0.15, -0.1) is 0 Å². The van der Waals surface area contributed by atoms with E-state index in [0.29, 0.717) is 11.3 Å². The van der Waals surface area contributed by atoms with Gasteiger partial charge < -0.3 is 4.74 Å². The van der Waals surface area contributed by atoms with Crippen LogP contribution in [0, 0.1) is 17.3 Å². The molecule has 0 saturated carbocycles. The van der Waals surface area contributed by atoms with Crippen molar-refractivity contribution in [3.05, 3.63) is 12.2 Å². The van der Waals surface area contributed by atoms with E-state index in [1.807, 2.05) is 0 Å². The lowest BCUT2D eigenvalue weighted by Crippen LogP contribution is -2.29. The molecule has 0 radical (unpaired) electrons.